The molecular formula is C19H17N. The van der Waals surface area contributed by atoms with Crippen molar-refractivity contribution in [2.45, 2.75) is 20.8 Å². The van der Waals surface area contributed by atoms with Crippen LogP contribution in [0.5, 0.6) is 0 Å². The van der Waals surface area contributed by atoms with Crippen LogP contribution in [0.25, 0.3) is 27.1 Å². The van der Waals surface area contributed by atoms with Gasteiger partial charge >= 0.3 is 0 Å². The molecule has 0 N–H and O–H groups in total. The number of benzene rings is 2. The predicted octanol–water partition coefficient (Wildman–Crippen LogP) is 5.17. The summed E-state index contributed by atoms with van der Waals surface area (Å²) in [7, 11) is 0. The molecule has 98 valence electrons. The Labute approximate surface area is 118 Å². The third kappa shape index (κ3) is 1.27. The van der Waals surface area contributed by atoms with E-state index in [1.165, 1.54) is 44.0 Å². The average Bonchev–Trinajstić information content (AvgIpc) is 2.79. The zero-order valence-electron chi connectivity index (χ0n) is 12.1. The van der Waals surface area contributed by atoms with Crippen molar-refractivity contribution in [2.24, 2.45) is 0 Å². The van der Waals surface area contributed by atoms with Crippen molar-refractivity contribution in [1.29, 1.82) is 0 Å². The largest absolute Gasteiger partial charge is 0.316 e. The van der Waals surface area contributed by atoms with E-state index < -0.39 is 0 Å². The minimum atomic E-state index is 1.34. The summed E-state index contributed by atoms with van der Waals surface area (Å²) in [5.41, 5.74) is 5.39. The van der Waals surface area contributed by atoms with Gasteiger partial charge in [-0.05, 0) is 31.7 Å². The van der Waals surface area contributed by atoms with E-state index in [-0.39, 0.29) is 0 Å². The van der Waals surface area contributed by atoms with E-state index in [1.54, 1.807) is 0 Å². The van der Waals surface area contributed by atoms with Gasteiger partial charge in [-0.15, -0.1) is 0 Å². The minimum absolute atomic E-state index is 1.34. The van der Waals surface area contributed by atoms with E-state index >= 15 is 0 Å². The van der Waals surface area contributed by atoms with Crippen LogP contribution in [0.3, 0.4) is 0 Å². The van der Waals surface area contributed by atoms with Crippen LogP contribution in [-0.2, 0) is 0 Å². The van der Waals surface area contributed by atoms with E-state index in [9.17, 15) is 0 Å². The fraction of sp³-hybridized carbons (Fsp3) is 0.158. The zero-order valence-corrected chi connectivity index (χ0v) is 12.1. The molecule has 2 aromatic heterocycles. The topological polar surface area (TPSA) is 4.41 Å². The molecule has 0 unspecified atom stereocenters. The molecule has 0 saturated heterocycles. The van der Waals surface area contributed by atoms with Crippen LogP contribution in [0.15, 0.2) is 48.5 Å². The molecule has 0 aliphatic rings. The number of nitrogens with zero attached hydrogens (tertiary/aromatic N) is 1. The Morgan fingerprint density at radius 3 is 1.75 bits per heavy atom. The zero-order chi connectivity index (χ0) is 13.9. The minimum Gasteiger partial charge on any atom is -0.316 e. The molecule has 1 heteroatoms. The standard InChI is InChI=1S/C19H17N/c1-12-13(2)20-14(3)16-9-5-7-11-18(16)19(20)17-10-6-4-8-15(12)17/h4-11H,1-3H3. The summed E-state index contributed by atoms with van der Waals surface area (Å²) in [4.78, 5) is 0. The highest BCUT2D eigenvalue weighted by Gasteiger charge is 2.14. The predicted molar refractivity (Wildman–Crippen MR) is 86.6 cm³/mol. The van der Waals surface area contributed by atoms with Crippen LogP contribution >= 0.6 is 0 Å². The monoisotopic (exact) mass is 259 g/mol. The van der Waals surface area contributed by atoms with E-state index in [2.05, 4.69) is 73.7 Å². The summed E-state index contributed by atoms with van der Waals surface area (Å²) in [6.45, 7) is 6.67. The molecule has 0 aliphatic heterocycles. The first-order chi connectivity index (χ1) is 9.70. The molecule has 2 aromatic carbocycles. The molecular weight excluding hydrogens is 242 g/mol. The third-order valence-electron chi connectivity index (χ3n) is 4.60. The van der Waals surface area contributed by atoms with Crippen molar-refractivity contribution in [3.8, 4) is 0 Å². The molecule has 0 radical (unpaired) electrons. The van der Waals surface area contributed by atoms with Gasteiger partial charge in [-0.2, -0.15) is 0 Å². The van der Waals surface area contributed by atoms with Gasteiger partial charge in [-0.25, -0.2) is 0 Å². The molecule has 0 bridgehead atoms. The maximum absolute atomic E-state index is 2.42. The number of aromatic nitrogens is 1. The molecule has 0 atom stereocenters. The van der Waals surface area contributed by atoms with Crippen LogP contribution in [0.4, 0.5) is 0 Å². The lowest BCUT2D eigenvalue weighted by Gasteiger charge is -2.12. The van der Waals surface area contributed by atoms with Gasteiger partial charge in [0.2, 0.25) is 0 Å². The van der Waals surface area contributed by atoms with Gasteiger partial charge in [0.25, 0.3) is 0 Å². The number of rotatable bonds is 0. The second kappa shape index (κ2) is 3.86. The summed E-state index contributed by atoms with van der Waals surface area (Å²) in [6.07, 6.45) is 0. The molecule has 20 heavy (non-hydrogen) atoms. The maximum Gasteiger partial charge on any atom is 0.0612 e. The highest BCUT2D eigenvalue weighted by Crippen LogP contribution is 2.35. The third-order valence-corrected chi connectivity index (χ3v) is 4.60. The Balaban J connectivity index is 2.47. The van der Waals surface area contributed by atoms with E-state index in [4.69, 9.17) is 0 Å². The van der Waals surface area contributed by atoms with Gasteiger partial charge < -0.3 is 4.40 Å². The first-order valence-corrected chi connectivity index (χ1v) is 7.08. The summed E-state index contributed by atoms with van der Waals surface area (Å²) in [5, 5.41) is 5.41. The molecule has 0 saturated carbocycles. The molecule has 2 heterocycles. The SMILES string of the molecule is Cc1c(C)n2c(C)c3ccccc3c2c2ccccc12. The second-order valence-electron chi connectivity index (χ2n) is 5.57. The van der Waals surface area contributed by atoms with Crippen molar-refractivity contribution in [3.63, 3.8) is 0 Å². The first kappa shape index (κ1) is 11.5. The van der Waals surface area contributed by atoms with Crippen molar-refractivity contribution in [1.82, 2.24) is 4.40 Å². The van der Waals surface area contributed by atoms with Gasteiger partial charge in [0, 0.05) is 27.5 Å². The average molecular weight is 259 g/mol. The first-order valence-electron chi connectivity index (χ1n) is 7.08. The summed E-state index contributed by atoms with van der Waals surface area (Å²) in [6, 6.07) is 17.4. The summed E-state index contributed by atoms with van der Waals surface area (Å²) >= 11 is 0. The molecule has 4 rings (SSSR count). The van der Waals surface area contributed by atoms with Crippen molar-refractivity contribution in [3.05, 3.63) is 65.5 Å². The number of pyridine rings is 1. The molecule has 1 nitrogen and oxygen atoms in total. The normalized spacial score (nSPS) is 11.8. The lowest BCUT2D eigenvalue weighted by Crippen LogP contribution is -1.98. The smallest absolute Gasteiger partial charge is 0.0612 e. The molecule has 4 aromatic rings. The maximum atomic E-state index is 2.42. The van der Waals surface area contributed by atoms with Crippen molar-refractivity contribution >= 4 is 27.1 Å². The fourth-order valence-electron chi connectivity index (χ4n) is 3.48. The molecule has 0 fully saturated rings. The number of aryl methyl sites for hydroxylation is 3. The molecule has 0 aliphatic carbocycles. The Hall–Kier alpha value is -2.28. The van der Waals surface area contributed by atoms with Crippen LogP contribution in [-0.4, -0.2) is 4.40 Å². The quantitative estimate of drug-likeness (QED) is 0.410. The number of hydrogen-bond donors (Lipinski definition) is 0. The fourth-order valence-corrected chi connectivity index (χ4v) is 3.48. The van der Waals surface area contributed by atoms with Crippen molar-refractivity contribution < 1.29 is 0 Å². The van der Waals surface area contributed by atoms with Gasteiger partial charge in [0.05, 0.1) is 5.52 Å². The molecule has 0 amide bonds. The van der Waals surface area contributed by atoms with Crippen LogP contribution < -0.4 is 0 Å². The highest BCUT2D eigenvalue weighted by molar-refractivity contribution is 6.13. The second-order valence-corrected chi connectivity index (χ2v) is 5.57. The Morgan fingerprint density at radius 1 is 0.600 bits per heavy atom. The summed E-state index contributed by atoms with van der Waals surface area (Å²) < 4.78 is 2.42. The summed E-state index contributed by atoms with van der Waals surface area (Å²) in [5.74, 6) is 0. The van der Waals surface area contributed by atoms with Crippen LogP contribution in [0, 0.1) is 20.8 Å². The Bertz CT molecular complexity index is 973. The lowest BCUT2D eigenvalue weighted by molar-refractivity contribution is 1.04. The molecule has 0 spiro atoms. The van der Waals surface area contributed by atoms with Gasteiger partial charge in [0.15, 0.2) is 0 Å². The number of hydrogen-bond acceptors (Lipinski definition) is 0. The number of fused-ring (bicyclic) bond motifs is 5. The van der Waals surface area contributed by atoms with Crippen LogP contribution in [0.1, 0.15) is 17.0 Å². The van der Waals surface area contributed by atoms with Crippen LogP contribution in [0.2, 0.25) is 0 Å². The van der Waals surface area contributed by atoms with E-state index in [0.717, 1.165) is 0 Å². The lowest BCUT2D eigenvalue weighted by atomic mass is 10.0. The van der Waals surface area contributed by atoms with Gasteiger partial charge in [-0.3, -0.25) is 0 Å². The van der Waals surface area contributed by atoms with Gasteiger partial charge in [-0.1, -0.05) is 48.5 Å². The van der Waals surface area contributed by atoms with Gasteiger partial charge in [0.1, 0.15) is 0 Å². The Morgan fingerprint density at radius 2 is 1.10 bits per heavy atom. The Kier molecular flexibility index (Phi) is 2.23. The highest BCUT2D eigenvalue weighted by atomic mass is 14.9. The van der Waals surface area contributed by atoms with E-state index in [0.29, 0.717) is 0 Å². The van der Waals surface area contributed by atoms with E-state index in [1.807, 2.05) is 0 Å². The van der Waals surface area contributed by atoms with Crippen molar-refractivity contribution in [2.75, 3.05) is 0 Å².